The van der Waals surface area contributed by atoms with Crippen LogP contribution in [-0.4, -0.2) is 30.3 Å². The average Bonchev–Trinajstić information content (AvgIpc) is 2.65. The minimum absolute atomic E-state index is 0.000432. The third-order valence-corrected chi connectivity index (χ3v) is 4.16. The maximum atomic E-state index is 12.2. The van der Waals surface area contributed by atoms with E-state index in [0.717, 1.165) is 5.56 Å². The summed E-state index contributed by atoms with van der Waals surface area (Å²) in [6.45, 7) is 7.44. The number of rotatable bonds is 6. The topological polar surface area (TPSA) is 72.5 Å². The maximum absolute atomic E-state index is 12.2. The Balaban J connectivity index is 1.87. The highest BCUT2D eigenvalue weighted by Crippen LogP contribution is 2.22. The Morgan fingerprint density at radius 2 is 1.52 bits per heavy atom. The van der Waals surface area contributed by atoms with Gasteiger partial charge in [0.2, 0.25) is 0 Å². The molecule has 0 aromatic heterocycles. The molecule has 0 saturated carbocycles. The zero-order valence-electron chi connectivity index (χ0n) is 16.1. The molecule has 142 valence electrons. The number of ether oxygens (including phenoxy) is 1. The van der Waals surface area contributed by atoms with Crippen molar-refractivity contribution < 1.29 is 19.1 Å². The van der Waals surface area contributed by atoms with E-state index in [4.69, 9.17) is 4.74 Å². The molecule has 0 saturated heterocycles. The second kappa shape index (κ2) is 8.62. The highest BCUT2D eigenvalue weighted by atomic mass is 16.5. The molecule has 0 fully saturated rings. The van der Waals surface area contributed by atoms with Gasteiger partial charge in [-0.25, -0.2) is 4.79 Å². The van der Waals surface area contributed by atoms with Crippen molar-refractivity contribution in [3.8, 4) is 0 Å². The predicted octanol–water partition coefficient (Wildman–Crippen LogP) is 3.53. The van der Waals surface area contributed by atoms with E-state index >= 15 is 0 Å². The fraction of sp³-hybridized carbons (Fsp3) is 0.318. The van der Waals surface area contributed by atoms with Gasteiger partial charge >= 0.3 is 5.97 Å². The first-order valence-electron chi connectivity index (χ1n) is 8.85. The lowest BCUT2D eigenvalue weighted by molar-refractivity contribution is -0.144. The molecule has 0 aliphatic heterocycles. The summed E-state index contributed by atoms with van der Waals surface area (Å²) in [5.74, 6) is -1.31. The Hall–Kier alpha value is -2.95. The van der Waals surface area contributed by atoms with E-state index in [1.165, 1.54) is 6.92 Å². The van der Waals surface area contributed by atoms with Gasteiger partial charge in [0.15, 0.2) is 12.4 Å². The normalized spacial score (nSPS) is 12.1. The molecule has 0 heterocycles. The minimum atomic E-state index is -0.853. The van der Waals surface area contributed by atoms with Crippen LogP contribution >= 0.6 is 0 Å². The fourth-order valence-electron chi connectivity index (χ4n) is 2.43. The lowest BCUT2D eigenvalue weighted by Gasteiger charge is -2.19. The number of carbonyl (C=O) groups excluding carboxylic acids is 3. The molecule has 0 bridgehead atoms. The van der Waals surface area contributed by atoms with Crippen molar-refractivity contribution >= 4 is 17.7 Å². The lowest BCUT2D eigenvalue weighted by atomic mass is 9.86. The van der Waals surface area contributed by atoms with Crippen molar-refractivity contribution in [1.82, 2.24) is 5.32 Å². The maximum Gasteiger partial charge on any atom is 0.328 e. The smallest absolute Gasteiger partial charge is 0.328 e. The summed E-state index contributed by atoms with van der Waals surface area (Å²) < 4.78 is 5.05. The second-order valence-electron chi connectivity index (χ2n) is 7.42. The molecule has 1 atom stereocenters. The van der Waals surface area contributed by atoms with E-state index in [-0.39, 0.29) is 23.7 Å². The Morgan fingerprint density at radius 3 is 2.07 bits per heavy atom. The molecule has 2 rings (SSSR count). The van der Waals surface area contributed by atoms with Crippen molar-refractivity contribution in [3.05, 3.63) is 71.3 Å². The number of nitrogens with one attached hydrogen (secondary N) is 1. The second-order valence-corrected chi connectivity index (χ2v) is 7.42. The molecule has 0 unspecified atom stereocenters. The number of ketones is 1. The van der Waals surface area contributed by atoms with Crippen molar-refractivity contribution in [3.63, 3.8) is 0 Å². The number of benzene rings is 2. The van der Waals surface area contributed by atoms with Crippen LogP contribution in [0.5, 0.6) is 0 Å². The molecule has 0 aliphatic rings. The van der Waals surface area contributed by atoms with E-state index in [0.29, 0.717) is 11.1 Å². The van der Waals surface area contributed by atoms with Crippen LogP contribution in [-0.2, 0) is 14.9 Å². The largest absolute Gasteiger partial charge is 0.456 e. The summed E-state index contributed by atoms with van der Waals surface area (Å²) >= 11 is 0. The first-order chi connectivity index (χ1) is 12.7. The van der Waals surface area contributed by atoms with Crippen LogP contribution in [0.4, 0.5) is 0 Å². The number of Topliss-reactive ketones (excluding diaryl/α,β-unsaturated/α-hetero) is 1. The first kappa shape index (κ1) is 20.4. The molecular weight excluding hydrogens is 342 g/mol. The van der Waals surface area contributed by atoms with Crippen LogP contribution in [0.2, 0.25) is 0 Å². The molecule has 2 aromatic carbocycles. The van der Waals surface area contributed by atoms with Gasteiger partial charge in [-0.1, -0.05) is 63.2 Å². The first-order valence-corrected chi connectivity index (χ1v) is 8.85. The number of hydrogen-bond acceptors (Lipinski definition) is 4. The van der Waals surface area contributed by atoms with Crippen LogP contribution in [0.15, 0.2) is 54.6 Å². The Bertz CT molecular complexity index is 804. The molecule has 2 aromatic rings. The fourth-order valence-corrected chi connectivity index (χ4v) is 2.43. The zero-order chi connectivity index (χ0) is 20.0. The van der Waals surface area contributed by atoms with E-state index in [1.807, 2.05) is 12.1 Å². The third-order valence-electron chi connectivity index (χ3n) is 4.16. The number of hydrogen-bond donors (Lipinski definition) is 1. The number of esters is 1. The Morgan fingerprint density at radius 1 is 0.926 bits per heavy atom. The van der Waals surface area contributed by atoms with E-state index in [2.05, 4.69) is 26.1 Å². The highest BCUT2D eigenvalue weighted by Gasteiger charge is 2.20. The number of carbonyl (C=O) groups is 3. The molecule has 0 radical (unpaired) electrons. The lowest BCUT2D eigenvalue weighted by Crippen LogP contribution is -2.40. The van der Waals surface area contributed by atoms with Gasteiger partial charge in [-0.05, 0) is 30.0 Å². The summed E-state index contributed by atoms with van der Waals surface area (Å²) in [6.07, 6.45) is 0. The summed E-state index contributed by atoms with van der Waals surface area (Å²) in [7, 11) is 0. The van der Waals surface area contributed by atoms with Crippen LogP contribution in [0.3, 0.4) is 0 Å². The summed E-state index contributed by atoms with van der Waals surface area (Å²) in [5, 5.41) is 2.56. The van der Waals surface area contributed by atoms with Gasteiger partial charge in [0.05, 0.1) is 0 Å². The highest BCUT2D eigenvalue weighted by molar-refractivity contribution is 5.99. The van der Waals surface area contributed by atoms with Crippen molar-refractivity contribution in [1.29, 1.82) is 0 Å². The van der Waals surface area contributed by atoms with Gasteiger partial charge in [0, 0.05) is 11.1 Å². The van der Waals surface area contributed by atoms with Crippen molar-refractivity contribution in [2.75, 3.05) is 6.61 Å². The van der Waals surface area contributed by atoms with Gasteiger partial charge < -0.3 is 10.1 Å². The van der Waals surface area contributed by atoms with Crippen LogP contribution < -0.4 is 5.32 Å². The van der Waals surface area contributed by atoms with E-state index < -0.39 is 12.0 Å². The zero-order valence-corrected chi connectivity index (χ0v) is 16.1. The Kier molecular flexibility index (Phi) is 6.50. The molecule has 0 aliphatic carbocycles. The standard InChI is InChI=1S/C22H25NO4/c1-15(23-20(25)17-8-6-5-7-9-17)21(26)27-14-19(24)16-10-12-18(13-11-16)22(2,3)4/h5-13,15H,14H2,1-4H3,(H,23,25)/t15-/m0/s1. The van der Waals surface area contributed by atoms with E-state index in [9.17, 15) is 14.4 Å². The Labute approximate surface area is 159 Å². The van der Waals surface area contributed by atoms with Gasteiger partial charge in [0.25, 0.3) is 5.91 Å². The minimum Gasteiger partial charge on any atom is -0.456 e. The molecule has 1 N–H and O–H groups in total. The van der Waals surface area contributed by atoms with Gasteiger partial charge in [-0.2, -0.15) is 0 Å². The quantitative estimate of drug-likeness (QED) is 0.626. The monoisotopic (exact) mass is 367 g/mol. The van der Waals surface area contributed by atoms with E-state index in [1.54, 1.807) is 42.5 Å². The molecule has 5 nitrogen and oxygen atoms in total. The van der Waals surface area contributed by atoms with Crippen molar-refractivity contribution in [2.45, 2.75) is 39.2 Å². The third kappa shape index (κ3) is 5.78. The molecule has 0 spiro atoms. The molecule has 27 heavy (non-hydrogen) atoms. The summed E-state index contributed by atoms with van der Waals surface area (Å²) in [5.41, 5.74) is 2.05. The van der Waals surface area contributed by atoms with Gasteiger partial charge in [0.1, 0.15) is 6.04 Å². The van der Waals surface area contributed by atoms with Gasteiger partial charge in [-0.15, -0.1) is 0 Å². The van der Waals surface area contributed by atoms with Crippen LogP contribution in [0, 0.1) is 0 Å². The van der Waals surface area contributed by atoms with Crippen LogP contribution in [0.1, 0.15) is 54.0 Å². The summed E-state index contributed by atoms with van der Waals surface area (Å²) in [6, 6.07) is 15.0. The number of amides is 1. The van der Waals surface area contributed by atoms with Crippen molar-refractivity contribution in [2.24, 2.45) is 0 Å². The van der Waals surface area contributed by atoms with Crippen LogP contribution in [0.25, 0.3) is 0 Å². The molecule has 5 heteroatoms. The SMILES string of the molecule is C[C@H](NC(=O)c1ccccc1)C(=O)OCC(=O)c1ccc(C(C)(C)C)cc1. The average molecular weight is 367 g/mol. The molecular formula is C22H25NO4. The van der Waals surface area contributed by atoms with Gasteiger partial charge in [-0.3, -0.25) is 9.59 Å². The summed E-state index contributed by atoms with van der Waals surface area (Å²) in [4.78, 5) is 36.3. The predicted molar refractivity (Wildman–Crippen MR) is 104 cm³/mol. The molecule has 1 amide bonds.